The molecule has 1 aromatic heterocycles. The Morgan fingerprint density at radius 2 is 1.52 bits per heavy atom. The number of aliphatic hydroxyl groups is 2. The Labute approximate surface area is 121 Å². The van der Waals surface area contributed by atoms with Crippen molar-refractivity contribution in [3.63, 3.8) is 0 Å². The Kier molecular flexibility index (Phi) is 7.04. The van der Waals surface area contributed by atoms with Gasteiger partial charge in [-0.25, -0.2) is 9.68 Å². The fourth-order valence-corrected chi connectivity index (χ4v) is 1.40. The first-order valence-corrected chi connectivity index (χ1v) is 5.92. The molecule has 10 nitrogen and oxygen atoms in total. The van der Waals surface area contributed by atoms with Crippen LogP contribution in [0.25, 0.3) is 0 Å². The summed E-state index contributed by atoms with van der Waals surface area (Å²) in [6.45, 7) is 6.79. The van der Waals surface area contributed by atoms with Crippen molar-refractivity contribution < 1.29 is 19.9 Å². The number of hydrogen-bond donors (Lipinski definition) is 3. The van der Waals surface area contributed by atoms with Crippen molar-refractivity contribution in [3.8, 4) is 0 Å². The Hall–Kier alpha value is -2.27. The summed E-state index contributed by atoms with van der Waals surface area (Å²) < 4.78 is 0. The minimum Gasteiger partial charge on any atom is -0.368 e. The van der Waals surface area contributed by atoms with E-state index < -0.39 is 13.6 Å². The van der Waals surface area contributed by atoms with Crippen LogP contribution in [-0.2, 0) is 9.68 Å². The van der Waals surface area contributed by atoms with Gasteiger partial charge in [-0.15, -0.1) is 13.2 Å². The third-order valence-electron chi connectivity index (χ3n) is 2.12. The van der Waals surface area contributed by atoms with Gasteiger partial charge in [-0.2, -0.15) is 15.0 Å². The lowest BCUT2D eigenvalue weighted by Crippen LogP contribution is -2.30. The molecule has 0 amide bonds. The molecule has 1 rings (SSSR count). The largest absolute Gasteiger partial charge is 0.368 e. The molecule has 0 saturated carbocycles. The van der Waals surface area contributed by atoms with Gasteiger partial charge < -0.3 is 20.8 Å². The number of nitrogens with two attached hydrogens (primary N) is 1. The summed E-state index contributed by atoms with van der Waals surface area (Å²) in [5.41, 5.74) is 5.62. The van der Waals surface area contributed by atoms with Crippen LogP contribution < -0.4 is 15.9 Å². The standard InChI is InChI=1S/C11H18N6O4/c1-3-5-16(6-4-2)10-13-9(12)14-11(15-10)17(20-7-18)21-8-19/h3-4,18-19H,1-2,5-8H2,(H2,12,13,14,15). The molecule has 1 aromatic rings. The molecule has 0 aliphatic rings. The molecule has 4 N–H and O–H groups in total. The molecule has 1 heterocycles. The first kappa shape index (κ1) is 16.8. The van der Waals surface area contributed by atoms with Gasteiger partial charge in [-0.3, -0.25) is 0 Å². The molecule has 0 aliphatic heterocycles. The number of hydrogen-bond acceptors (Lipinski definition) is 10. The van der Waals surface area contributed by atoms with Crippen LogP contribution in [0.15, 0.2) is 25.3 Å². The Bertz CT molecular complexity index is 456. The van der Waals surface area contributed by atoms with Crippen molar-refractivity contribution in [1.82, 2.24) is 15.0 Å². The summed E-state index contributed by atoms with van der Waals surface area (Å²) in [6, 6.07) is 0. The highest BCUT2D eigenvalue weighted by Crippen LogP contribution is 2.16. The second-order valence-corrected chi connectivity index (χ2v) is 3.55. The van der Waals surface area contributed by atoms with Crippen LogP contribution in [0.2, 0.25) is 0 Å². The molecule has 0 spiro atoms. The lowest BCUT2D eigenvalue weighted by atomic mass is 10.4. The molecule has 0 aliphatic carbocycles. The van der Waals surface area contributed by atoms with Gasteiger partial charge in [0.15, 0.2) is 13.6 Å². The van der Waals surface area contributed by atoms with Crippen LogP contribution in [-0.4, -0.2) is 51.8 Å². The van der Waals surface area contributed by atoms with Crippen LogP contribution >= 0.6 is 0 Å². The molecule has 0 saturated heterocycles. The van der Waals surface area contributed by atoms with E-state index in [0.29, 0.717) is 18.3 Å². The third kappa shape index (κ3) is 4.96. The molecule has 10 heteroatoms. The van der Waals surface area contributed by atoms with Gasteiger partial charge in [0.1, 0.15) is 0 Å². The van der Waals surface area contributed by atoms with E-state index in [1.807, 2.05) is 0 Å². The van der Waals surface area contributed by atoms with E-state index in [4.69, 9.17) is 25.6 Å². The minimum absolute atomic E-state index is 0.0822. The van der Waals surface area contributed by atoms with E-state index in [9.17, 15) is 0 Å². The highest BCUT2D eigenvalue weighted by atomic mass is 17.0. The minimum atomic E-state index is -0.704. The second-order valence-electron chi connectivity index (χ2n) is 3.55. The zero-order valence-electron chi connectivity index (χ0n) is 11.4. The number of nitrogen functional groups attached to an aromatic ring is 1. The van der Waals surface area contributed by atoms with Gasteiger partial charge in [-0.1, -0.05) is 17.4 Å². The molecule has 0 bridgehead atoms. The number of nitrogens with zero attached hydrogens (tertiary/aromatic N) is 5. The van der Waals surface area contributed by atoms with Gasteiger partial charge in [0, 0.05) is 13.1 Å². The first-order valence-electron chi connectivity index (χ1n) is 5.92. The lowest BCUT2D eigenvalue weighted by molar-refractivity contribution is -0.171. The molecule has 0 fully saturated rings. The topological polar surface area (TPSA) is 130 Å². The van der Waals surface area contributed by atoms with E-state index in [0.717, 1.165) is 0 Å². The molecular formula is C11H18N6O4. The molecule has 0 unspecified atom stereocenters. The van der Waals surface area contributed by atoms with Crippen molar-refractivity contribution in [2.24, 2.45) is 0 Å². The molecule has 0 atom stereocenters. The average Bonchev–Trinajstić information content (AvgIpc) is 2.46. The van der Waals surface area contributed by atoms with Crippen molar-refractivity contribution >= 4 is 17.8 Å². The quantitative estimate of drug-likeness (QED) is 0.287. The Morgan fingerprint density at radius 3 is 2.00 bits per heavy atom. The molecule has 21 heavy (non-hydrogen) atoms. The van der Waals surface area contributed by atoms with Crippen LogP contribution in [0.3, 0.4) is 0 Å². The average molecular weight is 298 g/mol. The van der Waals surface area contributed by atoms with E-state index >= 15 is 0 Å². The summed E-state index contributed by atoms with van der Waals surface area (Å²) in [5, 5.41) is 18.2. The molecule has 0 aromatic carbocycles. The monoisotopic (exact) mass is 298 g/mol. The molecular weight excluding hydrogens is 280 g/mol. The summed E-state index contributed by atoms with van der Waals surface area (Å²) in [6.07, 6.45) is 3.32. The van der Waals surface area contributed by atoms with Crippen LogP contribution in [0.1, 0.15) is 0 Å². The smallest absolute Gasteiger partial charge is 0.284 e. The summed E-state index contributed by atoms with van der Waals surface area (Å²) in [5.74, 6) is 0.0327. The fourth-order valence-electron chi connectivity index (χ4n) is 1.40. The fraction of sp³-hybridized carbons (Fsp3) is 0.364. The van der Waals surface area contributed by atoms with Crippen LogP contribution in [0, 0.1) is 0 Å². The van der Waals surface area contributed by atoms with Gasteiger partial charge >= 0.3 is 0 Å². The zero-order chi connectivity index (χ0) is 15.7. The summed E-state index contributed by atoms with van der Waals surface area (Å²) in [7, 11) is 0. The number of aliphatic hydroxyl groups excluding tert-OH is 2. The van der Waals surface area contributed by atoms with E-state index in [1.165, 1.54) is 0 Å². The number of aromatic nitrogens is 3. The van der Waals surface area contributed by atoms with Gasteiger partial charge in [0.2, 0.25) is 11.9 Å². The zero-order valence-corrected chi connectivity index (χ0v) is 11.4. The van der Waals surface area contributed by atoms with E-state index in [2.05, 4.69) is 28.1 Å². The third-order valence-corrected chi connectivity index (χ3v) is 2.12. The van der Waals surface area contributed by atoms with Crippen molar-refractivity contribution in [1.29, 1.82) is 0 Å². The predicted octanol–water partition coefficient (Wildman–Crippen LogP) is -0.799. The number of anilines is 3. The first-order chi connectivity index (χ1) is 10.2. The SMILES string of the molecule is C=CCN(CC=C)c1nc(N)nc(N(OCO)OCO)n1. The summed E-state index contributed by atoms with van der Waals surface area (Å²) >= 11 is 0. The van der Waals surface area contributed by atoms with Crippen molar-refractivity contribution in [2.45, 2.75) is 0 Å². The molecule has 116 valence electrons. The van der Waals surface area contributed by atoms with Gasteiger partial charge in [0.25, 0.3) is 5.95 Å². The molecule has 0 radical (unpaired) electrons. The predicted molar refractivity (Wildman–Crippen MR) is 75.7 cm³/mol. The van der Waals surface area contributed by atoms with E-state index in [-0.39, 0.29) is 17.8 Å². The van der Waals surface area contributed by atoms with Gasteiger partial charge in [0.05, 0.1) is 0 Å². The number of rotatable bonds is 10. The highest BCUT2D eigenvalue weighted by molar-refractivity contribution is 5.42. The van der Waals surface area contributed by atoms with Crippen LogP contribution in [0.4, 0.5) is 17.8 Å². The maximum absolute atomic E-state index is 8.78. The van der Waals surface area contributed by atoms with Crippen molar-refractivity contribution in [3.05, 3.63) is 25.3 Å². The van der Waals surface area contributed by atoms with Gasteiger partial charge in [-0.05, 0) is 0 Å². The highest BCUT2D eigenvalue weighted by Gasteiger charge is 2.17. The second kappa shape index (κ2) is 8.81. The maximum Gasteiger partial charge on any atom is 0.284 e. The Morgan fingerprint density at radius 1 is 1.00 bits per heavy atom. The lowest BCUT2D eigenvalue weighted by Gasteiger charge is -2.22. The van der Waals surface area contributed by atoms with E-state index in [1.54, 1.807) is 17.1 Å². The summed E-state index contributed by atoms with van der Waals surface area (Å²) in [4.78, 5) is 23.0. The normalized spacial score (nSPS) is 10.2. The van der Waals surface area contributed by atoms with Crippen LogP contribution in [0.5, 0.6) is 0 Å². The maximum atomic E-state index is 8.78. The Balaban J connectivity index is 3.11. The van der Waals surface area contributed by atoms with Crippen molar-refractivity contribution in [2.75, 3.05) is 42.5 Å².